The molecule has 1 heterocycles. The summed E-state index contributed by atoms with van der Waals surface area (Å²) < 4.78 is 24.2. The number of alkyl halides is 2. The second-order valence-electron chi connectivity index (χ2n) is 2.37. The minimum Gasteiger partial charge on any atom is -0.506 e. The van der Waals surface area contributed by atoms with E-state index >= 15 is 0 Å². The molecule has 0 aliphatic rings. The molecule has 5 nitrogen and oxygen atoms in total. The van der Waals surface area contributed by atoms with E-state index in [9.17, 15) is 13.6 Å². The van der Waals surface area contributed by atoms with Gasteiger partial charge < -0.3 is 15.3 Å². The number of nitrogens with zero attached hydrogens (tertiary/aromatic N) is 1. The quantitative estimate of drug-likeness (QED) is 0.673. The Balaban J connectivity index is 3.34. The predicted molar refractivity (Wildman–Crippen MR) is 39.5 cm³/mol. The van der Waals surface area contributed by atoms with Crippen molar-refractivity contribution in [1.82, 2.24) is 4.98 Å². The van der Waals surface area contributed by atoms with Crippen LogP contribution in [0.25, 0.3) is 0 Å². The summed E-state index contributed by atoms with van der Waals surface area (Å²) in [6.07, 6.45) is -3.10. The highest BCUT2D eigenvalue weighted by Gasteiger charge is 2.21. The van der Waals surface area contributed by atoms with Gasteiger partial charge in [0.15, 0.2) is 11.4 Å². The minimum absolute atomic E-state index is 0.512. The Morgan fingerprint density at radius 2 is 1.93 bits per heavy atom. The van der Waals surface area contributed by atoms with Crippen LogP contribution in [0.5, 0.6) is 11.5 Å². The maximum Gasteiger partial charge on any atom is 0.358 e. The molecule has 0 radical (unpaired) electrons. The summed E-state index contributed by atoms with van der Waals surface area (Å²) in [5.41, 5.74) is -1.99. The normalized spacial score (nSPS) is 10.5. The number of aromatic hydroxyl groups is 2. The monoisotopic (exact) mass is 205 g/mol. The molecule has 1 rings (SSSR count). The number of aromatic nitrogens is 1. The number of pyridine rings is 1. The van der Waals surface area contributed by atoms with Gasteiger partial charge in [0.2, 0.25) is 0 Å². The zero-order valence-corrected chi connectivity index (χ0v) is 6.61. The van der Waals surface area contributed by atoms with E-state index in [4.69, 9.17) is 15.3 Å². The molecule has 0 saturated carbocycles. The fourth-order valence-electron chi connectivity index (χ4n) is 0.825. The van der Waals surface area contributed by atoms with Crippen LogP contribution in [0.3, 0.4) is 0 Å². The Morgan fingerprint density at radius 1 is 1.36 bits per heavy atom. The molecule has 14 heavy (non-hydrogen) atoms. The van der Waals surface area contributed by atoms with E-state index in [-0.39, 0.29) is 0 Å². The van der Waals surface area contributed by atoms with Gasteiger partial charge in [0, 0.05) is 6.07 Å². The van der Waals surface area contributed by atoms with Crippen LogP contribution in [0.1, 0.15) is 22.6 Å². The van der Waals surface area contributed by atoms with Crippen molar-refractivity contribution < 1.29 is 28.9 Å². The topological polar surface area (TPSA) is 90.7 Å². The van der Waals surface area contributed by atoms with Crippen molar-refractivity contribution in [3.8, 4) is 11.5 Å². The summed E-state index contributed by atoms with van der Waals surface area (Å²) in [7, 11) is 0. The highest BCUT2D eigenvalue weighted by molar-refractivity contribution is 5.88. The van der Waals surface area contributed by atoms with Gasteiger partial charge in [-0.05, 0) is 0 Å². The number of rotatable bonds is 2. The molecule has 0 fully saturated rings. The standard InChI is InChI=1S/C7H5F2NO4/c8-6(9)4-2(11)1-3(12)5(10-4)7(13)14/h1,6,11-12H,(H,13,14). The average Bonchev–Trinajstić information content (AvgIpc) is 2.02. The van der Waals surface area contributed by atoms with Crippen molar-refractivity contribution in [2.45, 2.75) is 6.43 Å². The molecule has 7 heteroatoms. The summed E-state index contributed by atoms with van der Waals surface area (Å²) in [6.45, 7) is 0. The van der Waals surface area contributed by atoms with E-state index in [1.54, 1.807) is 0 Å². The van der Waals surface area contributed by atoms with Crippen LogP contribution >= 0.6 is 0 Å². The van der Waals surface area contributed by atoms with Gasteiger partial charge in [0.05, 0.1) is 0 Å². The van der Waals surface area contributed by atoms with E-state index in [2.05, 4.69) is 4.98 Å². The molecule has 1 aromatic rings. The molecule has 0 aliphatic carbocycles. The lowest BCUT2D eigenvalue weighted by atomic mass is 10.2. The third-order valence-corrected chi connectivity index (χ3v) is 1.42. The Kier molecular flexibility index (Phi) is 2.50. The maximum atomic E-state index is 12.1. The van der Waals surface area contributed by atoms with Crippen LogP contribution < -0.4 is 0 Å². The number of hydrogen-bond donors (Lipinski definition) is 3. The van der Waals surface area contributed by atoms with Crippen LogP contribution in [0.4, 0.5) is 8.78 Å². The SMILES string of the molecule is O=C(O)c1nc(C(F)F)c(O)cc1O. The van der Waals surface area contributed by atoms with Gasteiger partial charge in [0.25, 0.3) is 6.43 Å². The molecular weight excluding hydrogens is 200 g/mol. The molecule has 0 bridgehead atoms. The van der Waals surface area contributed by atoms with Crippen LogP contribution in [0.15, 0.2) is 6.07 Å². The lowest BCUT2D eigenvalue weighted by molar-refractivity contribution is 0.0684. The Labute approximate surface area is 76.3 Å². The first-order chi connectivity index (χ1) is 6.43. The van der Waals surface area contributed by atoms with Gasteiger partial charge in [-0.25, -0.2) is 18.6 Å². The average molecular weight is 205 g/mol. The zero-order chi connectivity index (χ0) is 10.9. The zero-order valence-electron chi connectivity index (χ0n) is 6.61. The molecule has 0 unspecified atom stereocenters. The molecule has 0 aliphatic heterocycles. The number of carboxylic acid groups (broad SMARTS) is 1. The minimum atomic E-state index is -3.10. The molecule has 76 valence electrons. The summed E-state index contributed by atoms with van der Waals surface area (Å²) in [6, 6.07) is 0.512. The predicted octanol–water partition coefficient (Wildman–Crippen LogP) is 1.13. The van der Waals surface area contributed by atoms with Crippen molar-refractivity contribution in [3.05, 3.63) is 17.5 Å². The molecule has 0 amide bonds. The summed E-state index contributed by atoms with van der Waals surface area (Å²) in [5.74, 6) is -3.45. The Morgan fingerprint density at radius 3 is 2.36 bits per heavy atom. The number of halogens is 2. The van der Waals surface area contributed by atoms with Crippen molar-refractivity contribution in [2.24, 2.45) is 0 Å². The third kappa shape index (κ3) is 1.70. The Hall–Kier alpha value is -1.92. The second-order valence-corrected chi connectivity index (χ2v) is 2.37. The van der Waals surface area contributed by atoms with Gasteiger partial charge in [0.1, 0.15) is 11.4 Å². The molecular formula is C7H5F2NO4. The number of aromatic carboxylic acids is 1. The van der Waals surface area contributed by atoms with Crippen molar-refractivity contribution in [2.75, 3.05) is 0 Å². The first-order valence-electron chi connectivity index (χ1n) is 3.37. The van der Waals surface area contributed by atoms with Gasteiger partial charge in [-0.2, -0.15) is 0 Å². The first kappa shape index (κ1) is 10.2. The number of hydrogen-bond acceptors (Lipinski definition) is 4. The maximum absolute atomic E-state index is 12.1. The summed E-state index contributed by atoms with van der Waals surface area (Å²) in [5, 5.41) is 26.2. The number of carbonyl (C=O) groups is 1. The van der Waals surface area contributed by atoms with Gasteiger partial charge in [-0.3, -0.25) is 0 Å². The van der Waals surface area contributed by atoms with E-state index < -0.39 is 35.3 Å². The fraction of sp³-hybridized carbons (Fsp3) is 0.143. The smallest absolute Gasteiger partial charge is 0.358 e. The highest BCUT2D eigenvalue weighted by atomic mass is 19.3. The van der Waals surface area contributed by atoms with Crippen molar-refractivity contribution in [1.29, 1.82) is 0 Å². The summed E-state index contributed by atoms with van der Waals surface area (Å²) >= 11 is 0. The number of carboxylic acids is 1. The van der Waals surface area contributed by atoms with Crippen molar-refractivity contribution >= 4 is 5.97 Å². The van der Waals surface area contributed by atoms with Crippen LogP contribution in [-0.2, 0) is 0 Å². The highest BCUT2D eigenvalue weighted by Crippen LogP contribution is 2.30. The molecule has 3 N–H and O–H groups in total. The first-order valence-corrected chi connectivity index (χ1v) is 3.37. The van der Waals surface area contributed by atoms with Gasteiger partial charge in [-0.1, -0.05) is 0 Å². The van der Waals surface area contributed by atoms with Crippen LogP contribution in [0, 0.1) is 0 Å². The summed E-state index contributed by atoms with van der Waals surface area (Å²) in [4.78, 5) is 13.3. The largest absolute Gasteiger partial charge is 0.506 e. The third-order valence-electron chi connectivity index (χ3n) is 1.42. The molecule has 0 aromatic carbocycles. The molecule has 0 atom stereocenters. The lowest BCUT2D eigenvalue weighted by Gasteiger charge is -2.05. The van der Waals surface area contributed by atoms with E-state index in [1.807, 2.05) is 0 Å². The molecule has 0 saturated heterocycles. The van der Waals surface area contributed by atoms with E-state index in [1.165, 1.54) is 0 Å². The lowest BCUT2D eigenvalue weighted by Crippen LogP contribution is -2.04. The van der Waals surface area contributed by atoms with Crippen LogP contribution in [-0.4, -0.2) is 26.3 Å². The molecule has 0 spiro atoms. The van der Waals surface area contributed by atoms with E-state index in [0.29, 0.717) is 6.07 Å². The second kappa shape index (κ2) is 3.44. The van der Waals surface area contributed by atoms with Crippen molar-refractivity contribution in [3.63, 3.8) is 0 Å². The Bertz CT molecular complexity index is 380. The van der Waals surface area contributed by atoms with Gasteiger partial charge in [-0.15, -0.1) is 0 Å². The van der Waals surface area contributed by atoms with Gasteiger partial charge >= 0.3 is 5.97 Å². The van der Waals surface area contributed by atoms with E-state index in [0.717, 1.165) is 0 Å². The molecule has 1 aromatic heterocycles. The fourth-order valence-corrected chi connectivity index (χ4v) is 0.825. The van der Waals surface area contributed by atoms with Crippen LogP contribution in [0.2, 0.25) is 0 Å².